The molecule has 0 aliphatic carbocycles. The molecule has 0 spiro atoms. The molecule has 2 rings (SSSR count). The number of carboxylic acid groups (broad SMARTS) is 1. The number of nitrogens with zero attached hydrogens (tertiary/aromatic N) is 1. The molecule has 1 N–H and O–H groups in total. The van der Waals surface area contributed by atoms with Gasteiger partial charge in [-0.05, 0) is 63.6 Å². The Labute approximate surface area is 198 Å². The summed E-state index contributed by atoms with van der Waals surface area (Å²) in [5.74, 6) is -0.584. The van der Waals surface area contributed by atoms with E-state index in [0.717, 1.165) is 73.8 Å². The quantitative estimate of drug-likeness (QED) is 0.283. The second kappa shape index (κ2) is 12.6. The van der Waals surface area contributed by atoms with Gasteiger partial charge in [0.25, 0.3) is 0 Å². The van der Waals surface area contributed by atoms with Gasteiger partial charge in [0.05, 0.1) is 18.9 Å². The van der Waals surface area contributed by atoms with Crippen LogP contribution >= 0.6 is 0 Å². The Balaban J connectivity index is 2.04. The largest absolute Gasteiger partial charge is 0.483 e. The Morgan fingerprint density at radius 2 is 1.73 bits per heavy atom. The van der Waals surface area contributed by atoms with Crippen molar-refractivity contribution in [2.75, 3.05) is 0 Å². The Morgan fingerprint density at radius 3 is 2.36 bits per heavy atom. The molecule has 0 fully saturated rings. The third-order valence-corrected chi connectivity index (χ3v) is 6.80. The highest BCUT2D eigenvalue weighted by atomic mass is 16.6. The molecule has 6 heteroatoms. The van der Waals surface area contributed by atoms with Crippen molar-refractivity contribution >= 4 is 11.9 Å². The normalized spacial score (nSPS) is 19.3. The Kier molecular flexibility index (Phi) is 10.2. The summed E-state index contributed by atoms with van der Waals surface area (Å²) in [5, 5.41) is 17.5. The average Bonchev–Trinajstić information content (AvgIpc) is 2.76. The number of unbranched alkanes of at least 4 members (excludes halogenated alkanes) is 7. The van der Waals surface area contributed by atoms with Gasteiger partial charge in [-0.2, -0.15) is 5.26 Å². The standard InChI is InChI=1S/C27H39NO5/c1-19-17-20(2)22-18-23(32-25(31)14-13-24(29)30)27(4,33-26(22)21(19)3)15-11-9-7-5-6-8-10-12-16-28/h17,23H,5-15,18H2,1-4H3,(H,29,30)/t23?,27-/m1/s1. The van der Waals surface area contributed by atoms with Gasteiger partial charge in [-0.3, -0.25) is 9.59 Å². The minimum absolute atomic E-state index is 0.132. The van der Waals surface area contributed by atoms with Crippen molar-refractivity contribution < 1.29 is 24.2 Å². The molecule has 1 unspecified atom stereocenters. The number of carboxylic acids is 1. The topological polar surface area (TPSA) is 96.6 Å². The van der Waals surface area contributed by atoms with E-state index >= 15 is 0 Å². The van der Waals surface area contributed by atoms with Crippen LogP contribution in [0.15, 0.2) is 6.07 Å². The van der Waals surface area contributed by atoms with Gasteiger partial charge in [0, 0.05) is 18.4 Å². The van der Waals surface area contributed by atoms with Crippen molar-refractivity contribution in [2.24, 2.45) is 0 Å². The molecule has 0 amide bonds. The first-order valence-corrected chi connectivity index (χ1v) is 12.2. The summed E-state index contributed by atoms with van der Waals surface area (Å²) in [7, 11) is 0. The van der Waals surface area contributed by atoms with Crippen molar-refractivity contribution in [3.63, 3.8) is 0 Å². The molecule has 1 aliphatic heterocycles. The number of benzene rings is 1. The number of rotatable bonds is 13. The zero-order valence-corrected chi connectivity index (χ0v) is 20.7. The van der Waals surface area contributed by atoms with Crippen molar-refractivity contribution in [3.05, 3.63) is 28.3 Å². The number of aryl methyl sites for hydroxylation is 2. The number of hydrogen-bond donors (Lipinski definition) is 1. The van der Waals surface area contributed by atoms with E-state index < -0.39 is 23.6 Å². The van der Waals surface area contributed by atoms with E-state index in [2.05, 4.69) is 32.9 Å². The highest BCUT2D eigenvalue weighted by Gasteiger charge is 2.44. The van der Waals surface area contributed by atoms with Crippen LogP contribution < -0.4 is 4.74 Å². The van der Waals surface area contributed by atoms with Crippen molar-refractivity contribution in [3.8, 4) is 11.8 Å². The molecule has 0 saturated carbocycles. The molecule has 182 valence electrons. The number of aliphatic carboxylic acids is 1. The molecule has 0 aromatic heterocycles. The number of fused-ring (bicyclic) bond motifs is 1. The maximum atomic E-state index is 12.4. The van der Waals surface area contributed by atoms with Crippen LogP contribution in [-0.4, -0.2) is 28.8 Å². The van der Waals surface area contributed by atoms with Crippen LogP contribution in [0.25, 0.3) is 0 Å². The number of hydrogen-bond acceptors (Lipinski definition) is 5. The number of carbonyl (C=O) groups is 2. The first-order valence-electron chi connectivity index (χ1n) is 12.2. The summed E-state index contributed by atoms with van der Waals surface area (Å²) < 4.78 is 12.4. The molecule has 1 aromatic rings. The van der Waals surface area contributed by atoms with Gasteiger partial charge in [-0.25, -0.2) is 0 Å². The predicted molar refractivity (Wildman–Crippen MR) is 127 cm³/mol. The lowest BCUT2D eigenvalue weighted by molar-refractivity contribution is -0.165. The van der Waals surface area contributed by atoms with Gasteiger partial charge in [-0.1, -0.05) is 38.2 Å². The Morgan fingerprint density at radius 1 is 1.09 bits per heavy atom. The lowest BCUT2D eigenvalue weighted by Gasteiger charge is -2.43. The summed E-state index contributed by atoms with van der Waals surface area (Å²) in [5.41, 5.74) is 3.85. The zero-order valence-electron chi connectivity index (χ0n) is 20.7. The van der Waals surface area contributed by atoms with Crippen molar-refractivity contribution in [1.29, 1.82) is 5.26 Å². The SMILES string of the molecule is Cc1cc(C)c2c(c1C)O[C@](C)(CCCCCCCCCC#N)C(OC(=O)CCC(=O)O)C2. The maximum absolute atomic E-state index is 12.4. The molecule has 1 heterocycles. The fourth-order valence-electron chi connectivity index (χ4n) is 4.57. The molecule has 0 radical (unpaired) electrons. The smallest absolute Gasteiger partial charge is 0.306 e. The van der Waals surface area contributed by atoms with E-state index in [9.17, 15) is 9.59 Å². The highest BCUT2D eigenvalue weighted by molar-refractivity contribution is 5.76. The molecular formula is C27H39NO5. The van der Waals surface area contributed by atoms with E-state index in [0.29, 0.717) is 12.8 Å². The first kappa shape index (κ1) is 26.7. The molecule has 2 atom stereocenters. The highest BCUT2D eigenvalue weighted by Crippen LogP contribution is 2.42. The van der Waals surface area contributed by atoms with Crippen LogP contribution in [0.2, 0.25) is 0 Å². The lowest BCUT2D eigenvalue weighted by atomic mass is 9.82. The Hall–Kier alpha value is -2.55. The second-order valence-electron chi connectivity index (χ2n) is 9.57. The van der Waals surface area contributed by atoms with Crippen LogP contribution in [0.3, 0.4) is 0 Å². The lowest BCUT2D eigenvalue weighted by Crippen LogP contribution is -2.51. The van der Waals surface area contributed by atoms with Gasteiger partial charge in [0.1, 0.15) is 17.5 Å². The number of esters is 1. The van der Waals surface area contributed by atoms with E-state index in [4.69, 9.17) is 19.8 Å². The maximum Gasteiger partial charge on any atom is 0.306 e. The monoisotopic (exact) mass is 457 g/mol. The number of carbonyl (C=O) groups excluding carboxylic acids is 1. The fourth-order valence-corrected chi connectivity index (χ4v) is 4.57. The van der Waals surface area contributed by atoms with Crippen LogP contribution in [0, 0.1) is 32.1 Å². The average molecular weight is 458 g/mol. The van der Waals surface area contributed by atoms with Crippen molar-refractivity contribution in [1.82, 2.24) is 0 Å². The van der Waals surface area contributed by atoms with E-state index in [-0.39, 0.29) is 12.8 Å². The molecule has 0 bridgehead atoms. The third-order valence-electron chi connectivity index (χ3n) is 6.80. The minimum Gasteiger partial charge on any atom is -0.483 e. The van der Waals surface area contributed by atoms with E-state index in [1.165, 1.54) is 5.56 Å². The van der Waals surface area contributed by atoms with Crippen LogP contribution in [0.5, 0.6) is 5.75 Å². The minimum atomic E-state index is -1.01. The summed E-state index contributed by atoms with van der Waals surface area (Å²) in [6.45, 7) is 8.22. The van der Waals surface area contributed by atoms with Gasteiger partial charge in [0.15, 0.2) is 0 Å². The van der Waals surface area contributed by atoms with Crippen molar-refractivity contribution in [2.45, 2.75) is 116 Å². The summed E-state index contributed by atoms with van der Waals surface area (Å²) in [6.07, 6.45) is 8.78. The fraction of sp³-hybridized carbons (Fsp3) is 0.667. The molecular weight excluding hydrogens is 418 g/mol. The summed E-state index contributed by atoms with van der Waals surface area (Å²) in [4.78, 5) is 23.2. The number of ether oxygens (including phenoxy) is 2. The van der Waals surface area contributed by atoms with Crippen LogP contribution in [0.1, 0.15) is 99.8 Å². The second-order valence-corrected chi connectivity index (χ2v) is 9.57. The van der Waals surface area contributed by atoms with Gasteiger partial charge < -0.3 is 14.6 Å². The molecule has 0 saturated heterocycles. The van der Waals surface area contributed by atoms with Gasteiger partial charge in [0.2, 0.25) is 0 Å². The van der Waals surface area contributed by atoms with Crippen LogP contribution in [-0.2, 0) is 20.7 Å². The molecule has 1 aromatic carbocycles. The molecule has 6 nitrogen and oxygen atoms in total. The van der Waals surface area contributed by atoms with Gasteiger partial charge >= 0.3 is 11.9 Å². The summed E-state index contributed by atoms with van der Waals surface area (Å²) >= 11 is 0. The third kappa shape index (κ3) is 7.77. The zero-order chi connectivity index (χ0) is 24.4. The first-order chi connectivity index (χ1) is 15.7. The van der Waals surface area contributed by atoms with Crippen LogP contribution in [0.4, 0.5) is 0 Å². The Bertz CT molecular complexity index is 872. The van der Waals surface area contributed by atoms with E-state index in [1.54, 1.807) is 0 Å². The number of nitriles is 1. The van der Waals surface area contributed by atoms with E-state index in [1.807, 2.05) is 6.92 Å². The molecule has 1 aliphatic rings. The molecule has 33 heavy (non-hydrogen) atoms. The summed E-state index contributed by atoms with van der Waals surface area (Å²) in [6, 6.07) is 4.33. The predicted octanol–water partition coefficient (Wildman–Crippen LogP) is 6.12. The van der Waals surface area contributed by atoms with Gasteiger partial charge in [-0.15, -0.1) is 0 Å².